The molecule has 1 aromatic heterocycles. The summed E-state index contributed by atoms with van der Waals surface area (Å²) in [5.41, 5.74) is 2.41. The molecule has 4 nitrogen and oxygen atoms in total. The summed E-state index contributed by atoms with van der Waals surface area (Å²) >= 11 is 1.40. The second kappa shape index (κ2) is 7.43. The molecule has 0 unspecified atom stereocenters. The number of aromatic nitrogens is 1. The van der Waals surface area contributed by atoms with Gasteiger partial charge in [-0.05, 0) is 37.5 Å². The van der Waals surface area contributed by atoms with Gasteiger partial charge in [0.25, 0.3) is 5.91 Å². The molecular formula is C17H19F3N2O2S. The van der Waals surface area contributed by atoms with Gasteiger partial charge in [-0.1, -0.05) is 12.1 Å². The van der Waals surface area contributed by atoms with Crippen LogP contribution in [0.5, 0.6) is 5.75 Å². The summed E-state index contributed by atoms with van der Waals surface area (Å²) in [4.78, 5) is 18.0. The summed E-state index contributed by atoms with van der Waals surface area (Å²) in [6.45, 7) is 4.21. The number of hydrogen-bond acceptors (Lipinski definition) is 4. The molecule has 1 heterocycles. The Labute approximate surface area is 148 Å². The van der Waals surface area contributed by atoms with Crippen LogP contribution in [0.3, 0.4) is 0 Å². The van der Waals surface area contributed by atoms with Crippen LogP contribution in [0.15, 0.2) is 17.5 Å². The predicted molar refractivity (Wildman–Crippen MR) is 90.1 cm³/mol. The zero-order valence-electron chi connectivity index (χ0n) is 14.4. The topological polar surface area (TPSA) is 42.4 Å². The van der Waals surface area contributed by atoms with E-state index >= 15 is 0 Å². The van der Waals surface area contributed by atoms with Gasteiger partial charge in [-0.15, -0.1) is 11.3 Å². The van der Waals surface area contributed by atoms with Crippen molar-refractivity contribution in [3.8, 4) is 5.75 Å². The Hall–Kier alpha value is -2.09. The first-order valence-corrected chi connectivity index (χ1v) is 8.42. The Bertz CT molecular complexity index is 748. The zero-order chi connectivity index (χ0) is 18.8. The number of halogens is 3. The summed E-state index contributed by atoms with van der Waals surface area (Å²) in [7, 11) is 1.66. The minimum absolute atomic E-state index is 0.197. The van der Waals surface area contributed by atoms with Gasteiger partial charge in [0.1, 0.15) is 11.4 Å². The molecule has 0 atom stereocenters. The standard InChI is InChI=1S/C17H19F3N2O2S/c1-10-5-13(6-11(2)15(10)24-9-17(18,19)20)7-22(4)16(23)14-8-25-12(3)21-14/h5-6,8H,7,9H2,1-4H3. The third-order valence-electron chi connectivity index (χ3n) is 3.50. The molecule has 0 aliphatic heterocycles. The average Bonchev–Trinajstić information content (AvgIpc) is 2.90. The van der Waals surface area contributed by atoms with Crippen molar-refractivity contribution >= 4 is 17.2 Å². The molecule has 0 radical (unpaired) electrons. The Kier molecular flexibility index (Phi) is 5.72. The van der Waals surface area contributed by atoms with Crippen LogP contribution in [0.4, 0.5) is 13.2 Å². The van der Waals surface area contributed by atoms with E-state index in [0.717, 1.165) is 10.6 Å². The first kappa shape index (κ1) is 19.2. The van der Waals surface area contributed by atoms with E-state index in [-0.39, 0.29) is 11.7 Å². The van der Waals surface area contributed by atoms with Gasteiger partial charge in [-0.3, -0.25) is 4.79 Å². The van der Waals surface area contributed by atoms with Crippen LogP contribution >= 0.6 is 11.3 Å². The molecular weight excluding hydrogens is 353 g/mol. The van der Waals surface area contributed by atoms with Crippen molar-refractivity contribution in [3.63, 3.8) is 0 Å². The van der Waals surface area contributed by atoms with E-state index < -0.39 is 12.8 Å². The van der Waals surface area contributed by atoms with E-state index in [2.05, 4.69) is 4.98 Å². The van der Waals surface area contributed by atoms with E-state index in [1.54, 1.807) is 38.4 Å². The van der Waals surface area contributed by atoms with Crippen LogP contribution in [0.25, 0.3) is 0 Å². The molecule has 2 rings (SSSR count). The Balaban J connectivity index is 2.11. The lowest BCUT2D eigenvalue weighted by atomic mass is 10.1. The number of thiazole rings is 1. The molecule has 0 N–H and O–H groups in total. The lowest BCUT2D eigenvalue weighted by Gasteiger charge is -2.19. The first-order chi connectivity index (χ1) is 11.6. The fraction of sp³-hybridized carbons (Fsp3) is 0.412. The number of benzene rings is 1. The fourth-order valence-corrected chi connectivity index (χ4v) is 3.10. The molecule has 0 saturated carbocycles. The van der Waals surface area contributed by atoms with Crippen molar-refractivity contribution < 1.29 is 22.7 Å². The maximum Gasteiger partial charge on any atom is 0.422 e. The average molecular weight is 372 g/mol. The van der Waals surface area contributed by atoms with Gasteiger partial charge in [0.2, 0.25) is 0 Å². The minimum atomic E-state index is -4.38. The molecule has 0 aliphatic rings. The number of alkyl halides is 3. The quantitative estimate of drug-likeness (QED) is 0.787. The third kappa shape index (κ3) is 5.19. The Morgan fingerprint density at radius 2 is 1.84 bits per heavy atom. The highest BCUT2D eigenvalue weighted by molar-refractivity contribution is 7.09. The summed E-state index contributed by atoms with van der Waals surface area (Å²) in [5.74, 6) is 0.0298. The van der Waals surface area contributed by atoms with Crippen molar-refractivity contribution in [2.45, 2.75) is 33.5 Å². The molecule has 1 aromatic carbocycles. The van der Waals surface area contributed by atoms with Crippen molar-refractivity contribution in [2.24, 2.45) is 0 Å². The molecule has 0 saturated heterocycles. The summed E-state index contributed by atoms with van der Waals surface area (Å²) in [5, 5.41) is 2.52. The molecule has 0 fully saturated rings. The summed E-state index contributed by atoms with van der Waals surface area (Å²) in [6, 6.07) is 3.46. The number of amides is 1. The maximum atomic E-state index is 12.3. The molecule has 8 heteroatoms. The largest absolute Gasteiger partial charge is 0.484 e. The van der Waals surface area contributed by atoms with Crippen LogP contribution in [0.1, 0.15) is 32.2 Å². The first-order valence-electron chi connectivity index (χ1n) is 7.54. The SMILES string of the molecule is Cc1nc(C(=O)N(C)Cc2cc(C)c(OCC(F)(F)F)c(C)c2)cs1. The fourth-order valence-electron chi connectivity index (χ4n) is 2.52. The van der Waals surface area contributed by atoms with Gasteiger partial charge in [0, 0.05) is 19.0 Å². The smallest absolute Gasteiger partial charge is 0.422 e. The number of carbonyl (C=O) groups excluding carboxylic acids is 1. The predicted octanol–water partition coefficient (Wildman–Crippen LogP) is 4.28. The number of hydrogen-bond donors (Lipinski definition) is 0. The second-order valence-electron chi connectivity index (χ2n) is 5.88. The molecule has 25 heavy (non-hydrogen) atoms. The minimum Gasteiger partial charge on any atom is -0.484 e. The van der Waals surface area contributed by atoms with Gasteiger partial charge >= 0.3 is 6.18 Å². The number of nitrogens with zero attached hydrogens (tertiary/aromatic N) is 2. The molecule has 0 bridgehead atoms. The normalized spacial score (nSPS) is 11.5. The highest BCUT2D eigenvalue weighted by Gasteiger charge is 2.29. The van der Waals surface area contributed by atoms with Crippen molar-refractivity contribution in [3.05, 3.63) is 44.9 Å². The summed E-state index contributed by atoms with van der Waals surface area (Å²) in [6.07, 6.45) is -4.38. The Morgan fingerprint density at radius 3 is 2.32 bits per heavy atom. The van der Waals surface area contributed by atoms with E-state index in [1.807, 2.05) is 6.92 Å². The highest BCUT2D eigenvalue weighted by Crippen LogP contribution is 2.27. The van der Waals surface area contributed by atoms with Gasteiger partial charge in [0.05, 0.1) is 5.01 Å². The molecule has 1 amide bonds. The molecule has 2 aromatic rings. The number of carbonyl (C=O) groups is 1. The van der Waals surface area contributed by atoms with E-state index in [9.17, 15) is 18.0 Å². The van der Waals surface area contributed by atoms with Crippen LogP contribution < -0.4 is 4.74 Å². The number of aryl methyl sites for hydroxylation is 3. The second-order valence-corrected chi connectivity index (χ2v) is 6.94. The number of rotatable bonds is 5. The zero-order valence-corrected chi connectivity index (χ0v) is 15.2. The van der Waals surface area contributed by atoms with Crippen molar-refractivity contribution in [1.29, 1.82) is 0 Å². The van der Waals surface area contributed by atoms with Gasteiger partial charge in [-0.25, -0.2) is 4.98 Å². The Morgan fingerprint density at radius 1 is 1.24 bits per heavy atom. The monoisotopic (exact) mass is 372 g/mol. The molecule has 0 spiro atoms. The molecule has 0 aliphatic carbocycles. The van der Waals surface area contributed by atoms with Crippen LogP contribution in [-0.4, -0.2) is 35.6 Å². The van der Waals surface area contributed by atoms with Crippen LogP contribution in [0.2, 0.25) is 0 Å². The lowest BCUT2D eigenvalue weighted by molar-refractivity contribution is -0.153. The summed E-state index contributed by atoms with van der Waals surface area (Å²) < 4.78 is 41.9. The molecule has 136 valence electrons. The van der Waals surface area contributed by atoms with E-state index in [4.69, 9.17) is 4.74 Å². The third-order valence-corrected chi connectivity index (χ3v) is 4.28. The van der Waals surface area contributed by atoms with Crippen molar-refractivity contribution in [1.82, 2.24) is 9.88 Å². The maximum absolute atomic E-state index is 12.3. The number of ether oxygens (including phenoxy) is 1. The van der Waals surface area contributed by atoms with E-state index in [0.29, 0.717) is 23.4 Å². The van der Waals surface area contributed by atoms with Crippen LogP contribution in [0, 0.1) is 20.8 Å². The highest BCUT2D eigenvalue weighted by atomic mass is 32.1. The van der Waals surface area contributed by atoms with Gasteiger partial charge < -0.3 is 9.64 Å². The van der Waals surface area contributed by atoms with E-state index in [1.165, 1.54) is 16.2 Å². The van der Waals surface area contributed by atoms with Gasteiger partial charge in [-0.2, -0.15) is 13.2 Å². The van der Waals surface area contributed by atoms with Crippen molar-refractivity contribution in [2.75, 3.05) is 13.7 Å². The van der Waals surface area contributed by atoms with Gasteiger partial charge in [0.15, 0.2) is 6.61 Å². The van der Waals surface area contributed by atoms with Crippen LogP contribution in [-0.2, 0) is 6.54 Å². The lowest BCUT2D eigenvalue weighted by Crippen LogP contribution is -2.26.